The summed E-state index contributed by atoms with van der Waals surface area (Å²) in [7, 11) is 0. The first-order chi connectivity index (χ1) is 8.31. The molecule has 1 aromatic rings. The van der Waals surface area contributed by atoms with Crippen molar-refractivity contribution in [2.75, 3.05) is 5.75 Å². The van der Waals surface area contributed by atoms with Gasteiger partial charge in [-0.1, -0.05) is 15.9 Å². The van der Waals surface area contributed by atoms with Gasteiger partial charge in [-0.05, 0) is 44.5 Å². The highest BCUT2D eigenvalue weighted by atomic mass is 79.9. The summed E-state index contributed by atoms with van der Waals surface area (Å²) >= 11 is 4.85. The van der Waals surface area contributed by atoms with Crippen LogP contribution in [0.3, 0.4) is 0 Å². The first-order valence-electron chi connectivity index (χ1n) is 5.65. The molecule has 0 bridgehead atoms. The van der Waals surface area contributed by atoms with Gasteiger partial charge in [0.2, 0.25) is 0 Å². The molecule has 0 radical (unpaired) electrons. The van der Waals surface area contributed by atoms with Gasteiger partial charge < -0.3 is 10.5 Å². The van der Waals surface area contributed by atoms with Crippen LogP contribution in [0, 0.1) is 0 Å². The molecular weight excluding hydrogens is 314 g/mol. The minimum absolute atomic E-state index is 0.210. The highest BCUT2D eigenvalue weighted by Crippen LogP contribution is 2.26. The Kier molecular flexibility index (Phi) is 5.69. The van der Waals surface area contributed by atoms with E-state index in [1.54, 1.807) is 0 Å². The van der Waals surface area contributed by atoms with Crippen LogP contribution in [0.1, 0.15) is 26.3 Å². The molecule has 0 atom stereocenters. The van der Waals surface area contributed by atoms with Gasteiger partial charge in [0.25, 0.3) is 0 Å². The molecule has 0 saturated carbocycles. The summed E-state index contributed by atoms with van der Waals surface area (Å²) in [6.45, 7) is 6.04. The lowest BCUT2D eigenvalue weighted by atomic mass is 10.2. The minimum Gasteiger partial charge on any atom is -0.459 e. The summed E-state index contributed by atoms with van der Waals surface area (Å²) < 4.78 is 6.25. The second kappa shape index (κ2) is 6.59. The summed E-state index contributed by atoms with van der Waals surface area (Å²) in [5, 5.41) is 0. The molecule has 0 spiro atoms. The van der Waals surface area contributed by atoms with E-state index in [9.17, 15) is 4.79 Å². The van der Waals surface area contributed by atoms with Crippen LogP contribution in [0.25, 0.3) is 0 Å². The van der Waals surface area contributed by atoms with Crippen LogP contribution in [-0.4, -0.2) is 17.3 Å². The van der Waals surface area contributed by atoms with Crippen molar-refractivity contribution in [3.63, 3.8) is 0 Å². The van der Waals surface area contributed by atoms with E-state index in [0.717, 1.165) is 14.9 Å². The molecule has 0 aliphatic carbocycles. The summed E-state index contributed by atoms with van der Waals surface area (Å²) in [6, 6.07) is 5.87. The number of carbonyl (C=O) groups excluding carboxylic acids is 1. The molecule has 0 amide bonds. The summed E-state index contributed by atoms with van der Waals surface area (Å²) in [5.74, 6) is 0.0877. The molecule has 0 heterocycles. The molecule has 2 N–H and O–H groups in total. The largest absolute Gasteiger partial charge is 0.459 e. The lowest BCUT2D eigenvalue weighted by Gasteiger charge is -2.19. The standard InChI is InChI=1S/C13H18BrNO2S/c1-13(2,3)17-12(16)8-18-11-5-4-10(14)6-9(11)7-15/h4-6H,7-8,15H2,1-3H3. The van der Waals surface area contributed by atoms with Crippen molar-refractivity contribution in [3.05, 3.63) is 28.2 Å². The van der Waals surface area contributed by atoms with E-state index in [1.165, 1.54) is 11.8 Å². The highest BCUT2D eigenvalue weighted by molar-refractivity contribution is 9.10. The molecule has 1 aromatic carbocycles. The number of nitrogens with two attached hydrogens (primary N) is 1. The summed E-state index contributed by atoms with van der Waals surface area (Å²) in [6.07, 6.45) is 0. The fourth-order valence-corrected chi connectivity index (χ4v) is 2.59. The zero-order valence-electron chi connectivity index (χ0n) is 10.8. The van der Waals surface area contributed by atoms with Gasteiger partial charge in [-0.3, -0.25) is 4.79 Å². The molecule has 100 valence electrons. The summed E-state index contributed by atoms with van der Waals surface area (Å²) in [5.41, 5.74) is 6.27. The van der Waals surface area contributed by atoms with E-state index in [2.05, 4.69) is 15.9 Å². The zero-order chi connectivity index (χ0) is 13.8. The SMILES string of the molecule is CC(C)(C)OC(=O)CSc1ccc(Br)cc1CN. The van der Waals surface area contributed by atoms with Gasteiger partial charge in [0, 0.05) is 15.9 Å². The molecular formula is C13H18BrNO2S. The van der Waals surface area contributed by atoms with E-state index >= 15 is 0 Å². The molecule has 3 nitrogen and oxygen atoms in total. The van der Waals surface area contributed by atoms with Crippen LogP contribution in [0.15, 0.2) is 27.6 Å². The number of thioether (sulfide) groups is 1. The van der Waals surface area contributed by atoms with Gasteiger partial charge in [-0.2, -0.15) is 0 Å². The topological polar surface area (TPSA) is 52.3 Å². The van der Waals surface area contributed by atoms with Crippen molar-refractivity contribution in [1.82, 2.24) is 0 Å². The molecule has 0 unspecified atom stereocenters. The monoisotopic (exact) mass is 331 g/mol. The Morgan fingerprint density at radius 2 is 2.11 bits per heavy atom. The molecule has 5 heteroatoms. The lowest BCUT2D eigenvalue weighted by Crippen LogP contribution is -2.24. The van der Waals surface area contributed by atoms with Crippen LogP contribution in [0.5, 0.6) is 0 Å². The predicted octanol–water partition coefficient (Wildman–Crippen LogP) is 3.34. The third kappa shape index (κ3) is 5.42. The van der Waals surface area contributed by atoms with Crippen LogP contribution in [0.4, 0.5) is 0 Å². The maximum Gasteiger partial charge on any atom is 0.316 e. The Hall–Kier alpha value is -0.520. The van der Waals surface area contributed by atoms with E-state index in [0.29, 0.717) is 12.3 Å². The molecule has 18 heavy (non-hydrogen) atoms. The number of hydrogen-bond donors (Lipinski definition) is 1. The van der Waals surface area contributed by atoms with Crippen molar-refractivity contribution in [2.45, 2.75) is 37.8 Å². The smallest absolute Gasteiger partial charge is 0.316 e. The maximum absolute atomic E-state index is 11.6. The van der Waals surface area contributed by atoms with Crippen molar-refractivity contribution < 1.29 is 9.53 Å². The number of carbonyl (C=O) groups is 1. The van der Waals surface area contributed by atoms with Crippen LogP contribution in [-0.2, 0) is 16.1 Å². The Bertz CT molecular complexity index is 429. The molecule has 0 aliphatic heterocycles. The second-order valence-corrected chi connectivity index (χ2v) is 6.76. The Morgan fingerprint density at radius 3 is 2.67 bits per heavy atom. The lowest BCUT2D eigenvalue weighted by molar-refractivity contribution is -0.151. The predicted molar refractivity (Wildman–Crippen MR) is 78.6 cm³/mol. The fraction of sp³-hybridized carbons (Fsp3) is 0.462. The Morgan fingerprint density at radius 1 is 1.44 bits per heavy atom. The number of ether oxygens (including phenoxy) is 1. The quantitative estimate of drug-likeness (QED) is 0.679. The van der Waals surface area contributed by atoms with Crippen molar-refractivity contribution >= 4 is 33.7 Å². The molecule has 0 saturated heterocycles. The number of esters is 1. The van der Waals surface area contributed by atoms with Gasteiger partial charge in [0.15, 0.2) is 0 Å². The van der Waals surface area contributed by atoms with Gasteiger partial charge >= 0.3 is 5.97 Å². The summed E-state index contributed by atoms with van der Waals surface area (Å²) in [4.78, 5) is 12.6. The number of halogens is 1. The molecule has 0 aliphatic rings. The van der Waals surface area contributed by atoms with E-state index in [-0.39, 0.29) is 5.97 Å². The third-order valence-corrected chi connectivity index (χ3v) is 3.59. The normalized spacial score (nSPS) is 11.4. The van der Waals surface area contributed by atoms with Gasteiger partial charge in [-0.15, -0.1) is 11.8 Å². The van der Waals surface area contributed by atoms with Crippen LogP contribution < -0.4 is 5.73 Å². The fourth-order valence-electron chi connectivity index (χ4n) is 1.36. The second-order valence-electron chi connectivity index (χ2n) is 4.83. The number of hydrogen-bond acceptors (Lipinski definition) is 4. The van der Waals surface area contributed by atoms with E-state index in [4.69, 9.17) is 10.5 Å². The van der Waals surface area contributed by atoms with Crippen LogP contribution in [0.2, 0.25) is 0 Å². The molecule has 1 rings (SSSR count). The van der Waals surface area contributed by atoms with Crippen molar-refractivity contribution in [2.24, 2.45) is 5.73 Å². The minimum atomic E-state index is -0.436. The first kappa shape index (κ1) is 15.5. The third-order valence-electron chi connectivity index (χ3n) is 2.01. The Labute approximate surface area is 121 Å². The van der Waals surface area contributed by atoms with Gasteiger partial charge in [0.1, 0.15) is 5.60 Å². The molecule has 0 aromatic heterocycles. The van der Waals surface area contributed by atoms with Crippen LogP contribution >= 0.6 is 27.7 Å². The maximum atomic E-state index is 11.6. The van der Waals surface area contributed by atoms with Gasteiger partial charge in [-0.25, -0.2) is 0 Å². The highest BCUT2D eigenvalue weighted by Gasteiger charge is 2.16. The Balaban J connectivity index is 2.61. The average Bonchev–Trinajstić information content (AvgIpc) is 2.24. The van der Waals surface area contributed by atoms with E-state index in [1.807, 2.05) is 39.0 Å². The number of benzene rings is 1. The zero-order valence-corrected chi connectivity index (χ0v) is 13.2. The average molecular weight is 332 g/mol. The molecule has 0 fully saturated rings. The van der Waals surface area contributed by atoms with Crippen molar-refractivity contribution in [3.8, 4) is 0 Å². The van der Waals surface area contributed by atoms with Crippen molar-refractivity contribution in [1.29, 1.82) is 0 Å². The van der Waals surface area contributed by atoms with Gasteiger partial charge in [0.05, 0.1) is 5.75 Å². The van der Waals surface area contributed by atoms with E-state index < -0.39 is 5.60 Å². The first-order valence-corrected chi connectivity index (χ1v) is 7.43. The number of rotatable bonds is 4.